The van der Waals surface area contributed by atoms with Gasteiger partial charge in [-0.15, -0.1) is 11.8 Å². The second kappa shape index (κ2) is 7.47. The van der Waals surface area contributed by atoms with Crippen molar-refractivity contribution in [2.75, 3.05) is 19.9 Å². The summed E-state index contributed by atoms with van der Waals surface area (Å²) in [4.78, 5) is 31.0. The first-order valence-electron chi connectivity index (χ1n) is 9.83. The van der Waals surface area contributed by atoms with E-state index in [1.807, 2.05) is 18.2 Å². The van der Waals surface area contributed by atoms with Crippen molar-refractivity contribution in [2.45, 2.75) is 49.0 Å². The Kier molecular flexibility index (Phi) is 5.21. The molecular weight excluding hydrogens is 360 g/mol. The molecule has 0 aliphatic heterocycles. The first-order valence-corrected chi connectivity index (χ1v) is 10.8. The Morgan fingerprint density at radius 1 is 1.15 bits per heavy atom. The lowest BCUT2D eigenvalue weighted by molar-refractivity contribution is -0.124. The minimum Gasteiger partial charge on any atom is -0.350 e. The summed E-state index contributed by atoms with van der Waals surface area (Å²) in [5, 5.41) is 4.60. The van der Waals surface area contributed by atoms with E-state index in [0.717, 1.165) is 41.9 Å². The van der Waals surface area contributed by atoms with Crippen LogP contribution in [0.4, 0.5) is 0 Å². The van der Waals surface area contributed by atoms with Gasteiger partial charge in [-0.25, -0.2) is 5.06 Å². The third-order valence-electron chi connectivity index (χ3n) is 6.48. The molecule has 4 aliphatic carbocycles. The van der Waals surface area contributed by atoms with Crippen LogP contribution < -0.4 is 5.32 Å². The molecule has 6 heteroatoms. The predicted molar refractivity (Wildman–Crippen MR) is 105 cm³/mol. The maximum absolute atomic E-state index is 12.7. The Morgan fingerprint density at radius 2 is 1.74 bits per heavy atom. The molecular formula is C21H28N2O3S. The third kappa shape index (κ3) is 3.87. The maximum atomic E-state index is 12.7. The van der Waals surface area contributed by atoms with Crippen LogP contribution in [0.1, 0.15) is 48.9 Å². The molecule has 0 spiro atoms. The highest BCUT2D eigenvalue weighted by Gasteiger charge is 2.51. The quantitative estimate of drug-likeness (QED) is 0.599. The first kappa shape index (κ1) is 18.8. The smallest absolute Gasteiger partial charge is 0.278 e. The molecule has 0 heterocycles. The summed E-state index contributed by atoms with van der Waals surface area (Å²) in [7, 11) is 3.05. The van der Waals surface area contributed by atoms with E-state index >= 15 is 0 Å². The molecule has 0 atom stereocenters. The van der Waals surface area contributed by atoms with Gasteiger partial charge in [0.2, 0.25) is 5.91 Å². The van der Waals surface area contributed by atoms with E-state index in [0.29, 0.717) is 11.3 Å². The van der Waals surface area contributed by atoms with Crippen LogP contribution in [0.25, 0.3) is 0 Å². The van der Waals surface area contributed by atoms with Crippen molar-refractivity contribution >= 4 is 23.6 Å². The van der Waals surface area contributed by atoms with E-state index in [-0.39, 0.29) is 17.4 Å². The molecule has 4 saturated carbocycles. The van der Waals surface area contributed by atoms with Crippen molar-refractivity contribution in [1.82, 2.24) is 10.4 Å². The number of hydrogen-bond acceptors (Lipinski definition) is 4. The number of rotatable bonds is 6. The van der Waals surface area contributed by atoms with Gasteiger partial charge >= 0.3 is 0 Å². The molecule has 5 nitrogen and oxygen atoms in total. The molecule has 0 unspecified atom stereocenters. The van der Waals surface area contributed by atoms with E-state index in [9.17, 15) is 9.59 Å². The minimum atomic E-state index is -0.206. The molecule has 4 bridgehead atoms. The van der Waals surface area contributed by atoms with Gasteiger partial charge < -0.3 is 5.32 Å². The maximum Gasteiger partial charge on any atom is 0.278 e. The van der Waals surface area contributed by atoms with Crippen LogP contribution >= 0.6 is 11.8 Å². The summed E-state index contributed by atoms with van der Waals surface area (Å²) in [6.45, 7) is 0. The molecule has 4 aliphatic rings. The topological polar surface area (TPSA) is 58.6 Å². The van der Waals surface area contributed by atoms with Gasteiger partial charge in [0, 0.05) is 17.5 Å². The van der Waals surface area contributed by atoms with Crippen molar-refractivity contribution in [1.29, 1.82) is 0 Å². The number of hydrogen-bond donors (Lipinski definition) is 1. The third-order valence-corrected chi connectivity index (χ3v) is 7.55. The molecule has 27 heavy (non-hydrogen) atoms. The van der Waals surface area contributed by atoms with Gasteiger partial charge in [-0.1, -0.05) is 12.1 Å². The summed E-state index contributed by atoms with van der Waals surface area (Å²) >= 11 is 1.42. The van der Waals surface area contributed by atoms with Crippen molar-refractivity contribution in [3.05, 3.63) is 29.8 Å². The van der Waals surface area contributed by atoms with Gasteiger partial charge in [0.15, 0.2) is 0 Å². The molecule has 0 radical (unpaired) electrons. The van der Waals surface area contributed by atoms with Crippen LogP contribution in [-0.4, -0.2) is 42.3 Å². The van der Waals surface area contributed by atoms with E-state index in [4.69, 9.17) is 4.84 Å². The van der Waals surface area contributed by atoms with Gasteiger partial charge in [0.25, 0.3) is 5.91 Å². The Hall–Kier alpha value is -1.53. The highest BCUT2D eigenvalue weighted by Crippen LogP contribution is 2.55. The normalized spacial score (nSPS) is 31.0. The van der Waals surface area contributed by atoms with E-state index in [1.165, 1.54) is 43.2 Å². The lowest BCUT2D eigenvalue weighted by Gasteiger charge is -2.56. The van der Waals surface area contributed by atoms with Crippen LogP contribution in [0.3, 0.4) is 0 Å². The average molecular weight is 389 g/mol. The van der Waals surface area contributed by atoms with Crippen LogP contribution in [0, 0.1) is 17.8 Å². The van der Waals surface area contributed by atoms with Crippen molar-refractivity contribution in [2.24, 2.45) is 17.8 Å². The zero-order valence-electron chi connectivity index (χ0n) is 16.1. The Morgan fingerprint density at radius 3 is 2.33 bits per heavy atom. The standard InChI is InChI=1S/C21H28N2O3S/c1-23(26-2)20(25)17-5-3-4-6-18(17)27-13-19(24)22-21-10-14-7-15(11-21)9-16(8-14)12-21/h3-6,14-16H,7-13H2,1-2H3,(H,22,24). The zero-order valence-corrected chi connectivity index (χ0v) is 16.9. The molecule has 2 amide bonds. The Balaban J connectivity index is 1.38. The van der Waals surface area contributed by atoms with Crippen LogP contribution in [0.15, 0.2) is 29.2 Å². The van der Waals surface area contributed by atoms with Gasteiger partial charge in [-0.3, -0.25) is 14.4 Å². The second-order valence-corrected chi connectivity index (χ2v) is 9.53. The molecule has 0 aromatic heterocycles. The number of hydroxylamine groups is 2. The number of thioether (sulfide) groups is 1. The fourth-order valence-electron chi connectivity index (χ4n) is 5.76. The highest BCUT2D eigenvalue weighted by atomic mass is 32.2. The number of carbonyl (C=O) groups is 2. The number of amides is 2. The fourth-order valence-corrected chi connectivity index (χ4v) is 6.61. The summed E-state index contributed by atoms with van der Waals surface area (Å²) in [6, 6.07) is 7.38. The van der Waals surface area contributed by atoms with E-state index in [1.54, 1.807) is 13.1 Å². The van der Waals surface area contributed by atoms with Gasteiger partial charge in [-0.05, 0) is 68.4 Å². The monoisotopic (exact) mass is 388 g/mol. The molecule has 4 fully saturated rings. The lowest BCUT2D eigenvalue weighted by atomic mass is 9.53. The Bertz CT molecular complexity index is 701. The van der Waals surface area contributed by atoms with Crippen LogP contribution in [0.5, 0.6) is 0 Å². The highest BCUT2D eigenvalue weighted by molar-refractivity contribution is 8.00. The largest absolute Gasteiger partial charge is 0.350 e. The fraction of sp³-hybridized carbons (Fsp3) is 0.619. The van der Waals surface area contributed by atoms with Crippen molar-refractivity contribution in [3.8, 4) is 0 Å². The van der Waals surface area contributed by atoms with Gasteiger partial charge in [-0.2, -0.15) is 0 Å². The van der Waals surface area contributed by atoms with Gasteiger partial charge in [0.05, 0.1) is 18.4 Å². The number of benzene rings is 1. The number of nitrogens with zero attached hydrogens (tertiary/aromatic N) is 1. The molecule has 1 N–H and O–H groups in total. The van der Waals surface area contributed by atoms with Crippen molar-refractivity contribution < 1.29 is 14.4 Å². The molecule has 0 saturated heterocycles. The number of nitrogens with one attached hydrogen (secondary N) is 1. The molecule has 1 aromatic rings. The zero-order chi connectivity index (χ0) is 19.0. The molecule has 5 rings (SSSR count). The first-order chi connectivity index (χ1) is 13.0. The van der Waals surface area contributed by atoms with Crippen LogP contribution in [-0.2, 0) is 9.63 Å². The predicted octanol–water partition coefficient (Wildman–Crippen LogP) is 3.50. The van der Waals surface area contributed by atoms with Gasteiger partial charge in [0.1, 0.15) is 0 Å². The minimum absolute atomic E-state index is 0.0397. The van der Waals surface area contributed by atoms with E-state index < -0.39 is 0 Å². The summed E-state index contributed by atoms with van der Waals surface area (Å²) in [6.07, 6.45) is 7.57. The summed E-state index contributed by atoms with van der Waals surface area (Å²) in [5.74, 6) is 2.65. The summed E-state index contributed by atoms with van der Waals surface area (Å²) < 4.78 is 0. The number of carbonyl (C=O) groups excluding carboxylic acids is 2. The SMILES string of the molecule is CON(C)C(=O)c1ccccc1SCC(=O)NC12CC3CC(CC(C3)C1)C2. The van der Waals surface area contributed by atoms with E-state index in [2.05, 4.69) is 5.32 Å². The second-order valence-electron chi connectivity index (χ2n) is 8.52. The summed E-state index contributed by atoms with van der Waals surface area (Å²) in [5.41, 5.74) is 0.604. The molecule has 1 aromatic carbocycles. The van der Waals surface area contributed by atoms with Crippen molar-refractivity contribution in [3.63, 3.8) is 0 Å². The van der Waals surface area contributed by atoms with Crippen LogP contribution in [0.2, 0.25) is 0 Å². The molecule has 146 valence electrons. The average Bonchev–Trinajstić information content (AvgIpc) is 2.64. The Labute approximate surface area is 165 Å². The lowest BCUT2D eigenvalue weighted by Crippen LogP contribution is -2.60.